The number of alkyl halides is 3. The number of halogens is 3. The van der Waals surface area contributed by atoms with Crippen molar-refractivity contribution in [1.29, 1.82) is 0 Å². The van der Waals surface area contributed by atoms with Crippen LogP contribution in [-0.4, -0.2) is 24.0 Å². The minimum absolute atomic E-state index is 0.238. The summed E-state index contributed by atoms with van der Waals surface area (Å²) >= 11 is 0. The van der Waals surface area contributed by atoms with Crippen LogP contribution in [0.2, 0.25) is 0 Å². The zero-order chi connectivity index (χ0) is 23.6. The zero-order valence-electron chi connectivity index (χ0n) is 15.9. The summed E-state index contributed by atoms with van der Waals surface area (Å²) < 4.78 is 67.5. The number of aromatic hydroxyl groups is 1. The Kier molecular flexibility index (Phi) is 6.67. The fourth-order valence-electron chi connectivity index (χ4n) is 2.58. The standard InChI is InChI=1S/C10H9NO4S.C9H9F3N2O/c11-7-2-1-6-3-8(16(13,14)15)5-10(12)9(6)4-7;1-5(15)14-6-2-3-7(8(13)4-6)9(10,11)12/h1-5,12H,11H2,(H,13,14,15);2-4H,13H2,1H3,(H,14,15). The Morgan fingerprint density at radius 1 is 1.03 bits per heavy atom. The number of anilines is 3. The lowest BCUT2D eigenvalue weighted by molar-refractivity contribution is -0.136. The summed E-state index contributed by atoms with van der Waals surface area (Å²) in [6, 6.07) is 9.99. The van der Waals surface area contributed by atoms with E-state index < -0.39 is 27.5 Å². The fraction of sp³-hybridized carbons (Fsp3) is 0.105. The topological polar surface area (TPSA) is 156 Å². The monoisotopic (exact) mass is 457 g/mol. The van der Waals surface area contributed by atoms with Crippen LogP contribution in [0.5, 0.6) is 5.75 Å². The van der Waals surface area contributed by atoms with Crippen molar-refractivity contribution in [3.05, 3.63) is 54.1 Å². The molecule has 8 nitrogen and oxygen atoms in total. The van der Waals surface area contributed by atoms with Crippen molar-refractivity contribution in [2.45, 2.75) is 18.0 Å². The number of phenolic OH excluding ortho intramolecular Hbond substituents is 1. The number of hydrogen-bond donors (Lipinski definition) is 5. The fourth-order valence-corrected chi connectivity index (χ4v) is 3.12. The maximum absolute atomic E-state index is 12.3. The van der Waals surface area contributed by atoms with Gasteiger partial charge in [-0.25, -0.2) is 0 Å². The molecule has 31 heavy (non-hydrogen) atoms. The van der Waals surface area contributed by atoms with Gasteiger partial charge < -0.3 is 21.9 Å². The number of phenols is 1. The second-order valence-corrected chi connectivity index (χ2v) is 7.80. The number of benzene rings is 3. The van der Waals surface area contributed by atoms with Gasteiger partial charge in [0, 0.05) is 35.4 Å². The summed E-state index contributed by atoms with van der Waals surface area (Å²) in [5, 5.41) is 12.9. The SMILES string of the molecule is CC(=O)Nc1ccc(C(F)(F)F)c(N)c1.Nc1ccc2cc(S(=O)(=O)O)cc(O)c2c1. The molecule has 0 aliphatic rings. The molecule has 0 fully saturated rings. The Labute approximate surface area is 175 Å². The van der Waals surface area contributed by atoms with E-state index in [0.29, 0.717) is 16.5 Å². The summed E-state index contributed by atoms with van der Waals surface area (Å²) in [6.07, 6.45) is -4.47. The smallest absolute Gasteiger partial charge is 0.418 e. The van der Waals surface area contributed by atoms with Gasteiger partial charge in [-0.2, -0.15) is 21.6 Å². The Bertz CT molecular complexity index is 1240. The first-order chi connectivity index (χ1) is 14.2. The molecule has 7 N–H and O–H groups in total. The molecule has 0 saturated heterocycles. The van der Waals surface area contributed by atoms with Gasteiger partial charge in [-0.1, -0.05) is 6.07 Å². The van der Waals surface area contributed by atoms with Gasteiger partial charge in [-0.05, 0) is 41.8 Å². The van der Waals surface area contributed by atoms with Crippen molar-refractivity contribution < 1.29 is 36.0 Å². The molecule has 0 radical (unpaired) electrons. The first-order valence-corrected chi connectivity index (χ1v) is 9.86. The van der Waals surface area contributed by atoms with Gasteiger partial charge in [0.15, 0.2) is 0 Å². The molecule has 0 saturated carbocycles. The van der Waals surface area contributed by atoms with Crippen LogP contribution in [0.4, 0.5) is 30.2 Å². The number of amides is 1. The van der Waals surface area contributed by atoms with Gasteiger partial charge in [0.2, 0.25) is 5.91 Å². The number of carbonyl (C=O) groups is 1. The third kappa shape index (κ3) is 6.23. The van der Waals surface area contributed by atoms with Gasteiger partial charge in [0.05, 0.1) is 10.5 Å². The van der Waals surface area contributed by atoms with E-state index >= 15 is 0 Å². The third-order valence-corrected chi connectivity index (χ3v) is 4.74. The second-order valence-electron chi connectivity index (χ2n) is 6.38. The molecule has 3 aromatic carbocycles. The highest BCUT2D eigenvalue weighted by molar-refractivity contribution is 7.85. The van der Waals surface area contributed by atoms with Crippen molar-refractivity contribution in [3.8, 4) is 5.75 Å². The van der Waals surface area contributed by atoms with E-state index in [1.165, 1.54) is 19.1 Å². The van der Waals surface area contributed by atoms with Crippen molar-refractivity contribution >= 4 is 43.9 Å². The van der Waals surface area contributed by atoms with E-state index in [9.17, 15) is 31.5 Å². The number of fused-ring (bicyclic) bond motifs is 1. The normalized spacial score (nSPS) is 11.5. The minimum atomic E-state index is -4.47. The predicted molar refractivity (Wildman–Crippen MR) is 110 cm³/mol. The van der Waals surface area contributed by atoms with Gasteiger partial charge in [-0.15, -0.1) is 0 Å². The highest BCUT2D eigenvalue weighted by Crippen LogP contribution is 2.34. The van der Waals surface area contributed by atoms with Crippen LogP contribution in [0.15, 0.2) is 53.4 Å². The van der Waals surface area contributed by atoms with Crippen LogP contribution < -0.4 is 16.8 Å². The number of nitrogens with two attached hydrogens (primary N) is 2. The largest absolute Gasteiger partial charge is 0.507 e. The summed E-state index contributed by atoms with van der Waals surface area (Å²) in [5.41, 5.74) is 10.1. The van der Waals surface area contributed by atoms with Crippen molar-refractivity contribution in [3.63, 3.8) is 0 Å². The molecule has 1 amide bonds. The van der Waals surface area contributed by atoms with Crippen LogP contribution >= 0.6 is 0 Å². The van der Waals surface area contributed by atoms with Gasteiger partial charge in [0.1, 0.15) is 5.75 Å². The molecule has 0 heterocycles. The minimum Gasteiger partial charge on any atom is -0.507 e. The molecule has 3 rings (SSSR count). The van der Waals surface area contributed by atoms with Crippen molar-refractivity contribution in [2.75, 3.05) is 16.8 Å². The van der Waals surface area contributed by atoms with Crippen LogP contribution in [-0.2, 0) is 21.1 Å². The molecule has 0 spiro atoms. The Morgan fingerprint density at radius 2 is 1.68 bits per heavy atom. The number of nitrogen functional groups attached to an aromatic ring is 2. The first-order valence-electron chi connectivity index (χ1n) is 8.42. The summed E-state index contributed by atoms with van der Waals surface area (Å²) in [4.78, 5) is 10.3. The molecule has 166 valence electrons. The van der Waals surface area contributed by atoms with Crippen LogP contribution in [0.1, 0.15) is 12.5 Å². The zero-order valence-corrected chi connectivity index (χ0v) is 16.8. The molecule has 0 unspecified atom stereocenters. The van der Waals surface area contributed by atoms with E-state index in [1.54, 1.807) is 12.1 Å². The number of hydrogen-bond acceptors (Lipinski definition) is 6. The second kappa shape index (κ2) is 8.70. The van der Waals surface area contributed by atoms with Gasteiger partial charge in [-0.3, -0.25) is 9.35 Å². The highest BCUT2D eigenvalue weighted by Gasteiger charge is 2.32. The lowest BCUT2D eigenvalue weighted by Gasteiger charge is -2.11. The van der Waals surface area contributed by atoms with E-state index in [1.807, 2.05) is 0 Å². The summed E-state index contributed by atoms with van der Waals surface area (Å²) in [7, 11) is -4.32. The van der Waals surface area contributed by atoms with E-state index in [0.717, 1.165) is 24.3 Å². The van der Waals surface area contributed by atoms with E-state index in [2.05, 4.69) is 5.32 Å². The molecule has 0 aliphatic carbocycles. The quantitative estimate of drug-likeness (QED) is 0.291. The number of nitrogens with one attached hydrogen (secondary N) is 1. The van der Waals surface area contributed by atoms with Gasteiger partial charge >= 0.3 is 6.18 Å². The molecule has 3 aromatic rings. The van der Waals surface area contributed by atoms with Crippen LogP contribution in [0.25, 0.3) is 10.8 Å². The molecular weight excluding hydrogens is 439 g/mol. The first kappa shape index (κ1) is 23.8. The lowest BCUT2D eigenvalue weighted by Crippen LogP contribution is -2.11. The summed E-state index contributed by atoms with van der Waals surface area (Å²) in [5.74, 6) is -0.605. The van der Waals surface area contributed by atoms with E-state index in [4.69, 9.17) is 16.0 Å². The van der Waals surface area contributed by atoms with Crippen molar-refractivity contribution in [2.24, 2.45) is 0 Å². The maximum atomic E-state index is 12.3. The number of carbonyl (C=O) groups excluding carboxylic acids is 1. The Balaban J connectivity index is 0.000000221. The maximum Gasteiger partial charge on any atom is 0.418 e. The Hall–Kier alpha value is -3.51. The van der Waals surface area contributed by atoms with E-state index in [-0.39, 0.29) is 22.2 Å². The van der Waals surface area contributed by atoms with Crippen molar-refractivity contribution in [1.82, 2.24) is 0 Å². The lowest BCUT2D eigenvalue weighted by atomic mass is 10.1. The molecule has 0 aromatic heterocycles. The Morgan fingerprint density at radius 3 is 2.19 bits per heavy atom. The molecule has 0 bridgehead atoms. The molecule has 0 aliphatic heterocycles. The average molecular weight is 457 g/mol. The molecule has 0 atom stereocenters. The highest BCUT2D eigenvalue weighted by atomic mass is 32.2. The average Bonchev–Trinajstić information content (AvgIpc) is 2.60. The summed E-state index contributed by atoms with van der Waals surface area (Å²) in [6.45, 7) is 1.26. The van der Waals surface area contributed by atoms with Crippen LogP contribution in [0, 0.1) is 0 Å². The van der Waals surface area contributed by atoms with Crippen LogP contribution in [0.3, 0.4) is 0 Å². The molecular formula is C19H18F3N3O5S. The molecule has 12 heteroatoms. The third-order valence-electron chi connectivity index (χ3n) is 3.91. The predicted octanol–water partition coefficient (Wildman–Crippen LogP) is 3.62. The number of rotatable bonds is 2. The van der Waals surface area contributed by atoms with Gasteiger partial charge in [0.25, 0.3) is 10.1 Å².